The molecular weight excluding hydrogens is 216 g/mol. The Morgan fingerprint density at radius 1 is 1.41 bits per heavy atom. The Labute approximate surface area is 101 Å². The first-order chi connectivity index (χ1) is 8.03. The Morgan fingerprint density at radius 2 is 2.18 bits per heavy atom. The summed E-state index contributed by atoms with van der Waals surface area (Å²) in [6, 6.07) is 1.94. The van der Waals surface area contributed by atoms with Gasteiger partial charge in [-0.05, 0) is 6.07 Å². The van der Waals surface area contributed by atoms with Gasteiger partial charge in [0, 0.05) is 31.8 Å². The van der Waals surface area contributed by atoms with Crippen LogP contribution >= 0.6 is 0 Å². The average molecular weight is 234 g/mol. The van der Waals surface area contributed by atoms with Gasteiger partial charge in [0.25, 0.3) is 0 Å². The molecule has 5 heteroatoms. The van der Waals surface area contributed by atoms with Crippen molar-refractivity contribution >= 4 is 16.9 Å². The molecule has 0 saturated carbocycles. The Bertz CT molecular complexity index is 518. The molecule has 0 amide bonds. The van der Waals surface area contributed by atoms with E-state index < -0.39 is 0 Å². The number of anilines is 1. The Hall–Kier alpha value is -1.62. The second kappa shape index (κ2) is 4.33. The van der Waals surface area contributed by atoms with Crippen molar-refractivity contribution in [3.8, 4) is 0 Å². The molecule has 0 aliphatic carbocycles. The molecule has 0 bridgehead atoms. The van der Waals surface area contributed by atoms with Gasteiger partial charge < -0.3 is 15.0 Å². The zero-order valence-electron chi connectivity index (χ0n) is 10.4. The molecule has 0 aliphatic heterocycles. The van der Waals surface area contributed by atoms with Gasteiger partial charge in [-0.25, -0.2) is 9.97 Å². The largest absolute Gasteiger partial charge is 0.396 e. The first kappa shape index (κ1) is 11.9. The third kappa shape index (κ3) is 2.39. The number of fused-ring (bicyclic) bond motifs is 1. The number of aliphatic hydroxyl groups is 1. The molecular formula is C12H18N4O. The van der Waals surface area contributed by atoms with Gasteiger partial charge in [0.1, 0.15) is 5.52 Å². The molecule has 0 aromatic carbocycles. The average Bonchev–Trinajstić information content (AvgIpc) is 2.70. The molecule has 0 aliphatic rings. The van der Waals surface area contributed by atoms with Crippen molar-refractivity contribution in [2.45, 2.75) is 13.8 Å². The van der Waals surface area contributed by atoms with Crippen molar-refractivity contribution in [3.05, 3.63) is 18.6 Å². The standard InChI is InChI=1S/C12H18N4O/c1-12(2,7-17)6-14-11-10-9(4-5-13-11)16(3)8-15-10/h4-5,8,17H,6-7H2,1-3H3,(H,13,14). The number of nitrogens with one attached hydrogen (secondary N) is 1. The van der Waals surface area contributed by atoms with Gasteiger partial charge in [0.15, 0.2) is 5.82 Å². The van der Waals surface area contributed by atoms with Crippen molar-refractivity contribution < 1.29 is 5.11 Å². The van der Waals surface area contributed by atoms with Crippen molar-refractivity contribution in [3.63, 3.8) is 0 Å². The van der Waals surface area contributed by atoms with Gasteiger partial charge in [0.2, 0.25) is 0 Å². The van der Waals surface area contributed by atoms with E-state index in [0.717, 1.165) is 16.9 Å². The van der Waals surface area contributed by atoms with Gasteiger partial charge >= 0.3 is 0 Å². The van der Waals surface area contributed by atoms with Gasteiger partial charge in [-0.3, -0.25) is 0 Å². The molecule has 2 rings (SSSR count). The third-order valence-electron chi connectivity index (χ3n) is 2.81. The highest BCUT2D eigenvalue weighted by molar-refractivity contribution is 5.85. The normalized spacial score (nSPS) is 12.0. The van der Waals surface area contributed by atoms with Crippen molar-refractivity contribution in [1.29, 1.82) is 0 Å². The van der Waals surface area contributed by atoms with E-state index in [1.54, 1.807) is 12.5 Å². The lowest BCUT2D eigenvalue weighted by Crippen LogP contribution is -2.27. The molecule has 2 heterocycles. The summed E-state index contributed by atoms with van der Waals surface area (Å²) in [5, 5.41) is 12.5. The lowest BCUT2D eigenvalue weighted by molar-refractivity contribution is 0.171. The van der Waals surface area contributed by atoms with E-state index in [1.165, 1.54) is 0 Å². The lowest BCUT2D eigenvalue weighted by Gasteiger charge is -2.22. The van der Waals surface area contributed by atoms with Crippen LogP contribution in [0.1, 0.15) is 13.8 Å². The Morgan fingerprint density at radius 3 is 2.88 bits per heavy atom. The van der Waals surface area contributed by atoms with Crippen LogP contribution in [-0.2, 0) is 7.05 Å². The van der Waals surface area contributed by atoms with Crippen LogP contribution in [-0.4, -0.2) is 32.8 Å². The van der Waals surface area contributed by atoms with E-state index in [4.69, 9.17) is 0 Å². The summed E-state index contributed by atoms with van der Waals surface area (Å²) >= 11 is 0. The summed E-state index contributed by atoms with van der Waals surface area (Å²) in [4.78, 5) is 8.61. The van der Waals surface area contributed by atoms with E-state index >= 15 is 0 Å². The molecule has 2 aromatic rings. The maximum Gasteiger partial charge on any atom is 0.154 e. The SMILES string of the molecule is Cn1cnc2c(NCC(C)(C)CO)nccc21. The Kier molecular flexibility index (Phi) is 3.02. The van der Waals surface area contributed by atoms with E-state index in [9.17, 15) is 5.11 Å². The van der Waals surface area contributed by atoms with Crippen molar-refractivity contribution in [1.82, 2.24) is 14.5 Å². The number of pyridine rings is 1. The predicted octanol–water partition coefficient (Wildman–Crippen LogP) is 1.40. The summed E-state index contributed by atoms with van der Waals surface area (Å²) in [5.74, 6) is 0.768. The number of hydrogen-bond acceptors (Lipinski definition) is 4. The molecule has 0 radical (unpaired) electrons. The van der Waals surface area contributed by atoms with Crippen molar-refractivity contribution in [2.24, 2.45) is 12.5 Å². The zero-order valence-corrected chi connectivity index (χ0v) is 10.4. The number of imidazole rings is 1. The van der Waals surface area contributed by atoms with Crippen LogP contribution in [0.4, 0.5) is 5.82 Å². The minimum absolute atomic E-state index is 0.137. The summed E-state index contributed by atoms with van der Waals surface area (Å²) in [6.07, 6.45) is 3.53. The maximum absolute atomic E-state index is 9.21. The second-order valence-electron chi connectivity index (χ2n) is 5.06. The summed E-state index contributed by atoms with van der Waals surface area (Å²) in [5.41, 5.74) is 1.74. The zero-order chi connectivity index (χ0) is 12.5. The monoisotopic (exact) mass is 234 g/mol. The molecule has 5 nitrogen and oxygen atoms in total. The fourth-order valence-electron chi connectivity index (χ4n) is 1.57. The molecule has 0 unspecified atom stereocenters. The van der Waals surface area contributed by atoms with Crippen LogP contribution in [0.3, 0.4) is 0 Å². The number of aryl methyl sites for hydroxylation is 1. The molecule has 2 aromatic heterocycles. The summed E-state index contributed by atoms with van der Waals surface area (Å²) in [7, 11) is 1.96. The molecule has 0 spiro atoms. The molecule has 0 fully saturated rings. The van der Waals surface area contributed by atoms with Crippen LogP contribution in [0.15, 0.2) is 18.6 Å². The van der Waals surface area contributed by atoms with Gasteiger partial charge in [0.05, 0.1) is 11.8 Å². The first-order valence-corrected chi connectivity index (χ1v) is 5.64. The number of aromatic nitrogens is 3. The van der Waals surface area contributed by atoms with Crippen molar-refractivity contribution in [2.75, 3.05) is 18.5 Å². The Balaban J connectivity index is 2.25. The quantitative estimate of drug-likeness (QED) is 0.839. The van der Waals surface area contributed by atoms with Crippen LogP contribution in [0.5, 0.6) is 0 Å². The van der Waals surface area contributed by atoms with Gasteiger partial charge in [-0.2, -0.15) is 0 Å². The number of rotatable bonds is 4. The topological polar surface area (TPSA) is 63.0 Å². The number of hydrogen-bond donors (Lipinski definition) is 2. The highest BCUT2D eigenvalue weighted by Gasteiger charge is 2.17. The number of aliphatic hydroxyl groups excluding tert-OH is 1. The molecule has 0 saturated heterocycles. The van der Waals surface area contributed by atoms with E-state index in [-0.39, 0.29) is 12.0 Å². The van der Waals surface area contributed by atoms with Crippen LogP contribution in [0, 0.1) is 5.41 Å². The number of nitrogens with zero attached hydrogens (tertiary/aromatic N) is 3. The minimum atomic E-state index is -0.168. The fraction of sp³-hybridized carbons (Fsp3) is 0.500. The maximum atomic E-state index is 9.21. The fourth-order valence-corrected chi connectivity index (χ4v) is 1.57. The molecule has 17 heavy (non-hydrogen) atoms. The first-order valence-electron chi connectivity index (χ1n) is 5.64. The van der Waals surface area contributed by atoms with E-state index in [0.29, 0.717) is 6.54 Å². The van der Waals surface area contributed by atoms with Gasteiger partial charge in [-0.15, -0.1) is 0 Å². The molecule has 0 atom stereocenters. The summed E-state index contributed by atoms with van der Waals surface area (Å²) < 4.78 is 1.96. The highest BCUT2D eigenvalue weighted by atomic mass is 16.3. The van der Waals surface area contributed by atoms with Crippen LogP contribution < -0.4 is 5.32 Å². The highest BCUT2D eigenvalue weighted by Crippen LogP contribution is 2.20. The molecule has 2 N–H and O–H groups in total. The lowest BCUT2D eigenvalue weighted by atomic mass is 9.95. The predicted molar refractivity (Wildman–Crippen MR) is 67.9 cm³/mol. The van der Waals surface area contributed by atoms with E-state index in [1.807, 2.05) is 31.5 Å². The molecule has 92 valence electrons. The minimum Gasteiger partial charge on any atom is -0.396 e. The van der Waals surface area contributed by atoms with Crippen LogP contribution in [0.25, 0.3) is 11.0 Å². The smallest absolute Gasteiger partial charge is 0.154 e. The van der Waals surface area contributed by atoms with Gasteiger partial charge in [-0.1, -0.05) is 13.8 Å². The summed E-state index contributed by atoms with van der Waals surface area (Å²) in [6.45, 7) is 4.79. The third-order valence-corrected chi connectivity index (χ3v) is 2.81. The van der Waals surface area contributed by atoms with Crippen LogP contribution in [0.2, 0.25) is 0 Å². The van der Waals surface area contributed by atoms with E-state index in [2.05, 4.69) is 15.3 Å². The second-order valence-corrected chi connectivity index (χ2v) is 5.06.